The molecule has 0 aromatic carbocycles. The monoisotopic (exact) mass is 848 g/mol. The molecule has 0 heterocycles. The lowest BCUT2D eigenvalue weighted by atomic mass is 10.1. The average molecular weight is 850 g/mol. The minimum Gasteiger partial charge on any atom is -0.437 e. The minimum atomic E-state index is -4.90. The van der Waals surface area contributed by atoms with Gasteiger partial charge in [-0.15, -0.1) is 0 Å². The highest BCUT2D eigenvalue weighted by atomic mass is 28.5. The first-order valence-corrected chi connectivity index (χ1v) is 39.6. The molecular formula is C24H68O15Si9. The molecule has 0 aliphatic carbocycles. The van der Waals surface area contributed by atoms with Gasteiger partial charge in [-0.2, -0.15) is 0 Å². The van der Waals surface area contributed by atoms with Crippen molar-refractivity contribution in [3.63, 3.8) is 0 Å². The van der Waals surface area contributed by atoms with Crippen LogP contribution in [0.25, 0.3) is 0 Å². The molecule has 0 aromatic rings. The van der Waals surface area contributed by atoms with Gasteiger partial charge in [0.2, 0.25) is 0 Å². The molecule has 0 spiro atoms. The van der Waals surface area contributed by atoms with Gasteiger partial charge in [0.05, 0.1) is 12.2 Å². The molecule has 0 aliphatic heterocycles. The molecule has 24 heteroatoms. The largest absolute Gasteiger partial charge is 0.664 e. The second-order valence-corrected chi connectivity index (χ2v) is 46.3. The Hall–Kier alpha value is 1.35. The second-order valence-electron chi connectivity index (χ2n) is 15.2. The fraction of sp³-hybridized carbons (Fsp3) is 1.00. The lowest BCUT2D eigenvalue weighted by Crippen LogP contribution is -2.69. The summed E-state index contributed by atoms with van der Waals surface area (Å²) in [4.78, 5) is 12.3. The molecule has 2 N–H and O–H groups in total. The molecule has 0 amide bonds. The summed E-state index contributed by atoms with van der Waals surface area (Å²) in [6.07, 6.45) is -2.84. The van der Waals surface area contributed by atoms with Gasteiger partial charge in [-0.25, -0.2) is 0 Å². The van der Waals surface area contributed by atoms with Crippen LogP contribution >= 0.6 is 0 Å². The second kappa shape index (κ2) is 18.1. The van der Waals surface area contributed by atoms with E-state index >= 15 is 0 Å². The van der Waals surface area contributed by atoms with E-state index in [0.29, 0.717) is 0 Å². The number of hydrogen-bond donors (Lipinski definition) is 2. The Kier molecular flexibility index (Phi) is 18.6. The van der Waals surface area contributed by atoms with Crippen molar-refractivity contribution in [3.8, 4) is 0 Å². The van der Waals surface area contributed by atoms with Crippen molar-refractivity contribution in [2.75, 3.05) is 28.4 Å². The lowest BCUT2D eigenvalue weighted by Gasteiger charge is -2.43. The average Bonchev–Trinajstić information content (AvgIpc) is 2.81. The first-order chi connectivity index (χ1) is 21.1. The summed E-state index contributed by atoms with van der Waals surface area (Å²) in [5.41, 5.74) is 0. The van der Waals surface area contributed by atoms with Gasteiger partial charge in [-0.05, 0) is 112 Å². The van der Waals surface area contributed by atoms with Crippen molar-refractivity contribution in [1.29, 1.82) is 0 Å². The van der Waals surface area contributed by atoms with Crippen molar-refractivity contribution < 1.29 is 65.3 Å². The Morgan fingerprint density at radius 3 is 1.12 bits per heavy atom. The number of hydrogen-bond acceptors (Lipinski definition) is 15. The molecule has 0 saturated carbocycles. The van der Waals surface area contributed by atoms with E-state index in [1.807, 2.05) is 52.4 Å². The van der Waals surface area contributed by atoms with Crippen molar-refractivity contribution in [2.24, 2.45) is 0 Å². The maximum atomic E-state index is 12.3. The quantitative estimate of drug-likeness (QED) is 0.128. The van der Waals surface area contributed by atoms with Gasteiger partial charge < -0.3 is 65.3 Å². The first kappa shape index (κ1) is 49.4. The maximum absolute atomic E-state index is 12.3. The summed E-state index contributed by atoms with van der Waals surface area (Å²) < 4.78 is 80.2. The van der Waals surface area contributed by atoms with E-state index in [1.165, 1.54) is 28.3 Å². The Bertz CT molecular complexity index is 979. The van der Waals surface area contributed by atoms with Crippen LogP contribution in [0.15, 0.2) is 0 Å². The summed E-state index contributed by atoms with van der Waals surface area (Å²) in [6, 6.07) is 0. The number of aliphatic hydroxyl groups excluding tert-OH is 1. The Balaban J connectivity index is 6.69. The molecule has 0 radical (unpaired) electrons. The number of methoxy groups -OCH3 is 1. The molecule has 290 valence electrons. The highest BCUT2D eigenvalue weighted by Gasteiger charge is 2.63. The molecule has 1 unspecified atom stereocenters. The van der Waals surface area contributed by atoms with Crippen LogP contribution in [0.5, 0.6) is 0 Å². The third kappa shape index (κ3) is 18.9. The van der Waals surface area contributed by atoms with Crippen LogP contribution in [0.4, 0.5) is 0 Å². The fourth-order valence-corrected chi connectivity index (χ4v) is 43.0. The van der Waals surface area contributed by atoms with E-state index in [0.717, 1.165) is 0 Å². The van der Waals surface area contributed by atoms with E-state index in [-0.39, 0.29) is 0 Å². The van der Waals surface area contributed by atoms with E-state index in [1.54, 1.807) is 40.2 Å². The number of ether oxygens (including phenoxy) is 1. The van der Waals surface area contributed by atoms with Crippen LogP contribution in [0.3, 0.4) is 0 Å². The molecule has 0 aliphatic rings. The van der Waals surface area contributed by atoms with Crippen molar-refractivity contribution in [3.05, 3.63) is 0 Å². The van der Waals surface area contributed by atoms with Crippen LogP contribution in [0, 0.1) is 0 Å². The van der Waals surface area contributed by atoms with Gasteiger partial charge >= 0.3 is 69.5 Å². The van der Waals surface area contributed by atoms with Crippen molar-refractivity contribution >= 4 is 77.8 Å². The topological polar surface area (TPSA) is 160 Å². The van der Waals surface area contributed by atoms with Gasteiger partial charge in [0.25, 0.3) is 0 Å². The molecule has 0 saturated heterocycles. The van der Waals surface area contributed by atoms with Crippen molar-refractivity contribution in [1.82, 2.24) is 0 Å². The van der Waals surface area contributed by atoms with Gasteiger partial charge in [-0.3, -0.25) is 0 Å². The molecule has 0 aromatic heterocycles. The predicted octanol–water partition coefficient (Wildman–Crippen LogP) is 4.77. The molecule has 15 nitrogen and oxygen atoms in total. The predicted molar refractivity (Wildman–Crippen MR) is 205 cm³/mol. The lowest BCUT2D eigenvalue weighted by molar-refractivity contribution is -0.0991. The Morgan fingerprint density at radius 2 is 0.792 bits per heavy atom. The van der Waals surface area contributed by atoms with E-state index in [2.05, 4.69) is 19.6 Å². The minimum absolute atomic E-state index is 0.671. The molecule has 48 heavy (non-hydrogen) atoms. The summed E-state index contributed by atoms with van der Waals surface area (Å²) in [5, 5.41) is 10.7. The number of aliphatic hydroxyl groups is 1. The zero-order valence-corrected chi connectivity index (χ0v) is 42.4. The van der Waals surface area contributed by atoms with Crippen LogP contribution < -0.4 is 0 Å². The molecule has 0 rings (SSSR count). The van der Waals surface area contributed by atoms with Gasteiger partial charge in [0.15, 0.2) is 8.32 Å². The summed E-state index contributed by atoms with van der Waals surface area (Å²) in [5.74, 6) is 0. The van der Waals surface area contributed by atoms with Crippen LogP contribution in [-0.2, 0) is 55.4 Å². The van der Waals surface area contributed by atoms with Gasteiger partial charge in [0.1, 0.15) is 6.10 Å². The van der Waals surface area contributed by atoms with Gasteiger partial charge in [0, 0.05) is 28.4 Å². The molecule has 4 atom stereocenters. The fourth-order valence-electron chi connectivity index (χ4n) is 5.25. The smallest absolute Gasteiger partial charge is 0.437 e. The summed E-state index contributed by atoms with van der Waals surface area (Å²) in [6.45, 7) is 32.1. The zero-order valence-electron chi connectivity index (χ0n) is 33.4. The highest BCUT2D eigenvalue weighted by molar-refractivity contribution is 6.90. The SMILES string of the molecule is CO[C@@H](C)[C@H](O[Si](O)(O[Si](C)(C)O[Si](C)(C)O[Si](C)(C)O[Si](C)(C)C)O[Si](OC)(OC)O[Si](C)(C)O[Si](C)(C)O[Si](C)(C)OC)[C@@H](C)O. The Labute approximate surface area is 300 Å². The normalized spacial score (nSPS) is 18.1. The third-order valence-corrected chi connectivity index (χ3v) is 36.8. The van der Waals surface area contributed by atoms with Crippen molar-refractivity contribution in [2.45, 2.75) is 130 Å². The summed E-state index contributed by atoms with van der Waals surface area (Å²) >= 11 is 0. The van der Waals surface area contributed by atoms with Gasteiger partial charge in [-0.1, -0.05) is 0 Å². The van der Waals surface area contributed by atoms with E-state index in [4.69, 9.17) is 55.4 Å². The van der Waals surface area contributed by atoms with Crippen LogP contribution in [-0.4, -0.2) is 134 Å². The Morgan fingerprint density at radius 1 is 0.438 bits per heavy atom. The van der Waals surface area contributed by atoms with Crippen LogP contribution in [0.1, 0.15) is 13.8 Å². The highest BCUT2D eigenvalue weighted by Crippen LogP contribution is 2.31. The standard InChI is InChI=1S/C24H68O15Si9/c1-22(25)24(23(2)27-3)31-47(26,37-45(18,19)35-44(16,17)34-42(12,13)32-40(7,8)9)39-48(29-5,30-6)38-46(20,21)36-43(14,15)33-41(10,11)28-4/h22-26H,1-21H3/t22-,23+,24-,47?/m1/s1. The number of rotatable bonds is 24. The molecular weight excluding hydrogens is 781 g/mol. The summed E-state index contributed by atoms with van der Waals surface area (Å²) in [7, 11) is -22.6. The zero-order chi connectivity index (χ0) is 38.4. The van der Waals surface area contributed by atoms with E-state index in [9.17, 15) is 9.90 Å². The maximum Gasteiger partial charge on any atom is 0.664 e. The molecule has 0 fully saturated rings. The van der Waals surface area contributed by atoms with Crippen LogP contribution in [0.2, 0.25) is 98.2 Å². The first-order valence-electron chi connectivity index (χ1n) is 16.0. The molecule has 0 bridgehead atoms. The third-order valence-electron chi connectivity index (χ3n) is 6.10. The van der Waals surface area contributed by atoms with E-state index < -0.39 is 96.1 Å².